The number of hydrogen-bond donors (Lipinski definition) is 1. The average molecular weight is 254 g/mol. The van der Waals surface area contributed by atoms with Crippen LogP contribution in [0.2, 0.25) is 0 Å². The Morgan fingerprint density at radius 1 is 1.44 bits per heavy atom. The van der Waals surface area contributed by atoms with Crippen molar-refractivity contribution in [2.75, 3.05) is 46.4 Å². The fourth-order valence-corrected chi connectivity index (χ4v) is 3.89. The fraction of sp³-hybridized carbons (Fsp3) is 1.00. The van der Waals surface area contributed by atoms with E-state index in [0.29, 0.717) is 5.41 Å². The predicted octanol–water partition coefficient (Wildman–Crippen LogP) is 2.12. The van der Waals surface area contributed by atoms with Crippen LogP contribution in [0.25, 0.3) is 0 Å². The lowest BCUT2D eigenvalue weighted by Crippen LogP contribution is -2.47. The molecule has 2 heterocycles. The third-order valence-electron chi connectivity index (χ3n) is 4.67. The first-order chi connectivity index (χ1) is 8.78. The highest BCUT2D eigenvalue weighted by molar-refractivity contribution is 4.90. The topological polar surface area (TPSA) is 24.5 Å². The molecule has 0 saturated carbocycles. The summed E-state index contributed by atoms with van der Waals surface area (Å²) in [6.45, 7) is 9.54. The molecule has 0 aromatic heterocycles. The van der Waals surface area contributed by atoms with Gasteiger partial charge in [-0.3, -0.25) is 0 Å². The Labute approximate surface area is 112 Å². The van der Waals surface area contributed by atoms with E-state index in [4.69, 9.17) is 4.74 Å². The lowest BCUT2D eigenvalue weighted by molar-refractivity contribution is 0.110. The van der Waals surface area contributed by atoms with Gasteiger partial charge >= 0.3 is 0 Å². The van der Waals surface area contributed by atoms with Gasteiger partial charge in [0.15, 0.2) is 0 Å². The van der Waals surface area contributed by atoms with Gasteiger partial charge in [0.1, 0.15) is 0 Å². The van der Waals surface area contributed by atoms with Crippen molar-refractivity contribution in [1.29, 1.82) is 0 Å². The van der Waals surface area contributed by atoms with Crippen LogP contribution in [0.3, 0.4) is 0 Å². The summed E-state index contributed by atoms with van der Waals surface area (Å²) in [6.07, 6.45) is 6.79. The summed E-state index contributed by atoms with van der Waals surface area (Å²) in [5, 5.41) is 3.62. The van der Waals surface area contributed by atoms with Gasteiger partial charge in [0.25, 0.3) is 0 Å². The van der Waals surface area contributed by atoms with Crippen molar-refractivity contribution in [3.05, 3.63) is 0 Å². The number of rotatable bonds is 6. The zero-order chi connectivity index (χ0) is 12.8. The first-order valence-electron chi connectivity index (χ1n) is 7.70. The molecule has 2 fully saturated rings. The average Bonchev–Trinajstić information content (AvgIpc) is 2.78. The molecule has 2 aliphatic heterocycles. The van der Waals surface area contributed by atoms with Gasteiger partial charge in [-0.15, -0.1) is 0 Å². The van der Waals surface area contributed by atoms with Crippen LogP contribution in [-0.2, 0) is 4.74 Å². The van der Waals surface area contributed by atoms with Crippen molar-refractivity contribution >= 4 is 0 Å². The van der Waals surface area contributed by atoms with Gasteiger partial charge < -0.3 is 15.0 Å². The molecular formula is C15H30N2O. The summed E-state index contributed by atoms with van der Waals surface area (Å²) >= 11 is 0. The van der Waals surface area contributed by atoms with E-state index in [1.807, 2.05) is 7.11 Å². The Balaban J connectivity index is 1.85. The van der Waals surface area contributed by atoms with Gasteiger partial charge in [-0.1, -0.05) is 13.3 Å². The second-order valence-corrected chi connectivity index (χ2v) is 6.38. The smallest absolute Gasteiger partial charge is 0.0503 e. The van der Waals surface area contributed by atoms with Crippen molar-refractivity contribution in [2.45, 2.75) is 39.0 Å². The predicted molar refractivity (Wildman–Crippen MR) is 75.9 cm³/mol. The minimum atomic E-state index is 0.551. The van der Waals surface area contributed by atoms with E-state index in [2.05, 4.69) is 17.1 Å². The number of ether oxygens (including phenoxy) is 1. The molecule has 0 aromatic carbocycles. The number of methoxy groups -OCH3 is 1. The Bertz CT molecular complexity index is 233. The zero-order valence-electron chi connectivity index (χ0n) is 12.2. The van der Waals surface area contributed by atoms with E-state index in [0.717, 1.165) is 12.5 Å². The Morgan fingerprint density at radius 2 is 2.33 bits per heavy atom. The van der Waals surface area contributed by atoms with Gasteiger partial charge in [0.05, 0.1) is 6.61 Å². The van der Waals surface area contributed by atoms with Crippen LogP contribution < -0.4 is 5.32 Å². The van der Waals surface area contributed by atoms with Crippen LogP contribution in [0.15, 0.2) is 0 Å². The third-order valence-corrected chi connectivity index (χ3v) is 4.67. The number of likely N-dealkylation sites (tertiary alicyclic amines) is 1. The lowest BCUT2D eigenvalue weighted by Gasteiger charge is -2.40. The molecule has 106 valence electrons. The van der Waals surface area contributed by atoms with E-state index in [9.17, 15) is 0 Å². The van der Waals surface area contributed by atoms with E-state index >= 15 is 0 Å². The molecule has 0 spiro atoms. The molecule has 18 heavy (non-hydrogen) atoms. The molecule has 0 radical (unpaired) electrons. The van der Waals surface area contributed by atoms with Crippen LogP contribution >= 0.6 is 0 Å². The molecule has 2 rings (SSSR count). The molecule has 0 bridgehead atoms. The summed E-state index contributed by atoms with van der Waals surface area (Å²) in [5.74, 6) is 0.769. The minimum absolute atomic E-state index is 0.551. The molecule has 2 atom stereocenters. The highest BCUT2D eigenvalue weighted by atomic mass is 16.5. The molecule has 0 amide bonds. The van der Waals surface area contributed by atoms with Gasteiger partial charge in [0, 0.05) is 26.7 Å². The molecule has 3 heteroatoms. The highest BCUT2D eigenvalue weighted by Gasteiger charge is 2.35. The minimum Gasteiger partial charge on any atom is -0.384 e. The second kappa shape index (κ2) is 6.88. The quantitative estimate of drug-likeness (QED) is 0.786. The molecule has 1 N–H and O–H groups in total. The first-order valence-corrected chi connectivity index (χ1v) is 7.70. The Hall–Kier alpha value is -0.120. The van der Waals surface area contributed by atoms with E-state index in [-0.39, 0.29) is 0 Å². The van der Waals surface area contributed by atoms with E-state index in [1.54, 1.807) is 0 Å². The van der Waals surface area contributed by atoms with Crippen molar-refractivity contribution in [1.82, 2.24) is 10.2 Å². The Morgan fingerprint density at radius 3 is 3.00 bits per heavy atom. The molecule has 2 unspecified atom stereocenters. The maximum absolute atomic E-state index is 5.30. The van der Waals surface area contributed by atoms with Crippen LogP contribution in [-0.4, -0.2) is 51.3 Å². The van der Waals surface area contributed by atoms with Crippen molar-refractivity contribution in [2.24, 2.45) is 11.3 Å². The maximum atomic E-state index is 5.30. The van der Waals surface area contributed by atoms with Crippen LogP contribution in [0.5, 0.6) is 0 Å². The van der Waals surface area contributed by atoms with Gasteiger partial charge in [-0.2, -0.15) is 0 Å². The fourth-order valence-electron chi connectivity index (χ4n) is 3.89. The van der Waals surface area contributed by atoms with Crippen LogP contribution in [0.1, 0.15) is 39.0 Å². The molecule has 2 aliphatic rings. The summed E-state index contributed by atoms with van der Waals surface area (Å²) in [4.78, 5) is 2.69. The lowest BCUT2D eigenvalue weighted by atomic mass is 9.76. The number of nitrogens with zero attached hydrogens (tertiary/aromatic N) is 1. The number of piperidine rings is 1. The SMILES string of the molecule is CCCC1(CN2CCC(COC)C2)CCCNC1. The van der Waals surface area contributed by atoms with Crippen molar-refractivity contribution < 1.29 is 4.74 Å². The van der Waals surface area contributed by atoms with Crippen LogP contribution in [0.4, 0.5) is 0 Å². The van der Waals surface area contributed by atoms with Crippen LogP contribution in [0, 0.1) is 11.3 Å². The molecule has 3 nitrogen and oxygen atoms in total. The van der Waals surface area contributed by atoms with Gasteiger partial charge in [-0.05, 0) is 50.1 Å². The largest absolute Gasteiger partial charge is 0.384 e. The highest BCUT2D eigenvalue weighted by Crippen LogP contribution is 2.34. The van der Waals surface area contributed by atoms with Crippen molar-refractivity contribution in [3.63, 3.8) is 0 Å². The maximum Gasteiger partial charge on any atom is 0.0503 e. The standard InChI is InChI=1S/C15H30N2O/c1-3-6-15(7-4-8-16-12-15)13-17-9-5-14(10-17)11-18-2/h14,16H,3-13H2,1-2H3. The summed E-state index contributed by atoms with van der Waals surface area (Å²) in [7, 11) is 1.83. The van der Waals surface area contributed by atoms with E-state index in [1.165, 1.54) is 64.8 Å². The second-order valence-electron chi connectivity index (χ2n) is 6.38. The summed E-state index contributed by atoms with van der Waals surface area (Å²) in [6, 6.07) is 0. The van der Waals surface area contributed by atoms with E-state index < -0.39 is 0 Å². The number of nitrogens with one attached hydrogen (secondary N) is 1. The molecule has 0 aromatic rings. The van der Waals surface area contributed by atoms with Gasteiger partial charge in [0.2, 0.25) is 0 Å². The Kier molecular flexibility index (Phi) is 5.46. The number of hydrogen-bond acceptors (Lipinski definition) is 3. The van der Waals surface area contributed by atoms with Crippen molar-refractivity contribution in [3.8, 4) is 0 Å². The normalized spacial score (nSPS) is 34.0. The summed E-state index contributed by atoms with van der Waals surface area (Å²) < 4.78 is 5.30. The monoisotopic (exact) mass is 254 g/mol. The third kappa shape index (κ3) is 3.69. The zero-order valence-corrected chi connectivity index (χ0v) is 12.2. The van der Waals surface area contributed by atoms with Gasteiger partial charge in [-0.25, -0.2) is 0 Å². The summed E-state index contributed by atoms with van der Waals surface area (Å²) in [5.41, 5.74) is 0.551. The molecule has 2 saturated heterocycles. The molecule has 0 aliphatic carbocycles. The first kappa shape index (κ1) is 14.3. The molecular weight excluding hydrogens is 224 g/mol.